The van der Waals surface area contributed by atoms with E-state index in [-0.39, 0.29) is 6.04 Å². The van der Waals surface area contributed by atoms with Crippen LogP contribution in [-0.2, 0) is 0 Å². The summed E-state index contributed by atoms with van der Waals surface area (Å²) in [6.07, 6.45) is 0.905. The SMILES string of the molecule is CC1(C)Oc2ccccc2[C@@H]2CC(c3ccc4ccccc4c3)=NN21. The second kappa shape index (κ2) is 5.09. The van der Waals surface area contributed by atoms with Gasteiger partial charge in [-0.1, -0.05) is 54.6 Å². The number of rotatable bonds is 1. The van der Waals surface area contributed by atoms with Gasteiger partial charge in [0.15, 0.2) is 5.72 Å². The van der Waals surface area contributed by atoms with E-state index in [1.165, 1.54) is 21.9 Å². The number of para-hydroxylation sites is 1. The zero-order valence-electron chi connectivity index (χ0n) is 14.4. The van der Waals surface area contributed by atoms with E-state index in [9.17, 15) is 0 Å². The van der Waals surface area contributed by atoms with Crippen molar-refractivity contribution in [3.63, 3.8) is 0 Å². The monoisotopic (exact) mass is 328 g/mol. The van der Waals surface area contributed by atoms with Crippen LogP contribution in [0.5, 0.6) is 5.75 Å². The third-order valence-corrected chi connectivity index (χ3v) is 5.18. The molecule has 1 atom stereocenters. The lowest BCUT2D eigenvalue weighted by Gasteiger charge is -2.43. The van der Waals surface area contributed by atoms with E-state index in [0.29, 0.717) is 0 Å². The molecule has 0 N–H and O–H groups in total. The molecule has 0 unspecified atom stereocenters. The van der Waals surface area contributed by atoms with Crippen molar-refractivity contribution in [2.24, 2.45) is 5.10 Å². The minimum absolute atomic E-state index is 0.237. The van der Waals surface area contributed by atoms with Crippen molar-refractivity contribution < 1.29 is 4.74 Å². The van der Waals surface area contributed by atoms with E-state index < -0.39 is 5.72 Å². The predicted molar refractivity (Wildman–Crippen MR) is 101 cm³/mol. The molecule has 3 nitrogen and oxygen atoms in total. The molecule has 3 aromatic carbocycles. The number of ether oxygens (including phenoxy) is 1. The fraction of sp³-hybridized carbons (Fsp3) is 0.227. The van der Waals surface area contributed by atoms with E-state index in [1.807, 2.05) is 6.07 Å². The molecule has 0 spiro atoms. The lowest BCUT2D eigenvalue weighted by molar-refractivity contribution is -0.0911. The summed E-state index contributed by atoms with van der Waals surface area (Å²) in [6, 6.07) is 23.6. The number of hydrogen-bond donors (Lipinski definition) is 0. The number of nitrogens with zero attached hydrogens (tertiary/aromatic N) is 2. The summed E-state index contributed by atoms with van der Waals surface area (Å²) < 4.78 is 6.21. The molecule has 0 aromatic heterocycles. The van der Waals surface area contributed by atoms with E-state index >= 15 is 0 Å². The molecule has 0 saturated heterocycles. The van der Waals surface area contributed by atoms with Crippen LogP contribution in [0, 0.1) is 0 Å². The first-order valence-electron chi connectivity index (χ1n) is 8.76. The molecule has 25 heavy (non-hydrogen) atoms. The van der Waals surface area contributed by atoms with Crippen LogP contribution in [0.2, 0.25) is 0 Å². The summed E-state index contributed by atoms with van der Waals surface area (Å²) >= 11 is 0. The highest BCUT2D eigenvalue weighted by molar-refractivity contribution is 6.04. The Morgan fingerprint density at radius 1 is 0.960 bits per heavy atom. The maximum absolute atomic E-state index is 6.21. The molecule has 3 aromatic rings. The van der Waals surface area contributed by atoms with Crippen LogP contribution < -0.4 is 4.74 Å². The third-order valence-electron chi connectivity index (χ3n) is 5.18. The molecule has 0 radical (unpaired) electrons. The molecule has 124 valence electrons. The smallest absolute Gasteiger partial charge is 0.192 e. The summed E-state index contributed by atoms with van der Waals surface area (Å²) in [5, 5.41) is 9.60. The summed E-state index contributed by atoms with van der Waals surface area (Å²) in [7, 11) is 0. The Kier molecular flexibility index (Phi) is 2.96. The van der Waals surface area contributed by atoms with E-state index in [4.69, 9.17) is 9.84 Å². The molecular weight excluding hydrogens is 308 g/mol. The quantitative estimate of drug-likeness (QED) is 0.619. The van der Waals surface area contributed by atoms with Gasteiger partial charge in [-0.2, -0.15) is 5.10 Å². The van der Waals surface area contributed by atoms with Crippen molar-refractivity contribution >= 4 is 16.5 Å². The summed E-state index contributed by atoms with van der Waals surface area (Å²) in [5.41, 5.74) is 3.10. The van der Waals surface area contributed by atoms with Crippen molar-refractivity contribution in [3.8, 4) is 5.75 Å². The first-order chi connectivity index (χ1) is 12.1. The topological polar surface area (TPSA) is 24.8 Å². The molecule has 2 aliphatic heterocycles. The molecule has 2 aliphatic rings. The van der Waals surface area contributed by atoms with Crippen molar-refractivity contribution in [2.45, 2.75) is 32.0 Å². The van der Waals surface area contributed by atoms with Gasteiger partial charge in [0.05, 0.1) is 11.8 Å². The largest absolute Gasteiger partial charge is 0.467 e. The van der Waals surface area contributed by atoms with E-state index in [1.54, 1.807) is 0 Å². The second-order valence-corrected chi connectivity index (χ2v) is 7.26. The normalized spacial score (nSPS) is 20.6. The lowest BCUT2D eigenvalue weighted by atomic mass is 9.94. The van der Waals surface area contributed by atoms with Gasteiger partial charge in [0, 0.05) is 12.0 Å². The Morgan fingerprint density at radius 2 is 1.72 bits per heavy atom. The molecule has 0 saturated carbocycles. The molecule has 0 bridgehead atoms. The van der Waals surface area contributed by atoms with E-state index in [0.717, 1.165) is 17.9 Å². The zero-order chi connectivity index (χ0) is 17.0. The number of fused-ring (bicyclic) bond motifs is 4. The maximum atomic E-state index is 6.21. The van der Waals surface area contributed by atoms with Crippen molar-refractivity contribution in [1.29, 1.82) is 0 Å². The van der Waals surface area contributed by atoms with Gasteiger partial charge >= 0.3 is 0 Å². The molecule has 0 amide bonds. The Bertz CT molecular complexity index is 1010. The van der Waals surface area contributed by atoms with Crippen LogP contribution in [0.15, 0.2) is 71.8 Å². The average molecular weight is 328 g/mol. The standard InChI is InChI=1S/C22H20N2O/c1-22(2)24-20(18-9-5-6-10-21(18)25-22)14-19(23-24)17-12-11-15-7-3-4-8-16(15)13-17/h3-13,20H,14H2,1-2H3/t20-/m0/s1. The Morgan fingerprint density at radius 3 is 2.60 bits per heavy atom. The molecule has 2 heterocycles. The van der Waals surface area contributed by atoms with Crippen molar-refractivity contribution in [2.75, 3.05) is 0 Å². The van der Waals surface area contributed by atoms with Crippen LogP contribution in [0.1, 0.15) is 37.4 Å². The van der Waals surface area contributed by atoms with Gasteiger partial charge < -0.3 is 4.74 Å². The predicted octanol–water partition coefficient (Wildman–Crippen LogP) is 5.12. The van der Waals surface area contributed by atoms with E-state index in [2.05, 4.69) is 79.5 Å². The van der Waals surface area contributed by atoms with Crippen LogP contribution in [0.3, 0.4) is 0 Å². The Hall–Kier alpha value is -2.81. The highest BCUT2D eigenvalue weighted by Gasteiger charge is 2.44. The second-order valence-electron chi connectivity index (χ2n) is 7.26. The minimum Gasteiger partial charge on any atom is -0.467 e. The number of benzene rings is 3. The first-order valence-corrected chi connectivity index (χ1v) is 8.76. The highest BCUT2D eigenvalue weighted by Crippen LogP contribution is 2.46. The summed E-state index contributed by atoms with van der Waals surface area (Å²) in [4.78, 5) is 0. The summed E-state index contributed by atoms with van der Waals surface area (Å²) in [6.45, 7) is 4.17. The fourth-order valence-electron chi connectivity index (χ4n) is 3.96. The van der Waals surface area contributed by atoms with Gasteiger partial charge in [-0.3, -0.25) is 0 Å². The summed E-state index contributed by atoms with van der Waals surface area (Å²) in [5.74, 6) is 0.976. The van der Waals surface area contributed by atoms with Gasteiger partial charge in [-0.15, -0.1) is 0 Å². The molecule has 0 fully saturated rings. The van der Waals surface area contributed by atoms with Crippen molar-refractivity contribution in [3.05, 3.63) is 77.9 Å². The molecule has 0 aliphatic carbocycles. The lowest BCUT2D eigenvalue weighted by Crippen LogP contribution is -2.48. The number of hydrazone groups is 1. The van der Waals surface area contributed by atoms with Gasteiger partial charge in [0.25, 0.3) is 0 Å². The molecule has 3 heteroatoms. The van der Waals surface area contributed by atoms with Crippen LogP contribution >= 0.6 is 0 Å². The van der Waals surface area contributed by atoms with Gasteiger partial charge in [0.1, 0.15) is 5.75 Å². The van der Waals surface area contributed by atoms with Crippen LogP contribution in [0.4, 0.5) is 0 Å². The Labute approximate surface area is 147 Å². The van der Waals surface area contributed by atoms with Crippen LogP contribution in [0.25, 0.3) is 10.8 Å². The molecular formula is C22H20N2O. The molecule has 5 rings (SSSR count). The van der Waals surface area contributed by atoms with Crippen LogP contribution in [-0.4, -0.2) is 16.4 Å². The first kappa shape index (κ1) is 14.5. The minimum atomic E-state index is -0.447. The third kappa shape index (κ3) is 2.23. The van der Waals surface area contributed by atoms with Gasteiger partial charge in [-0.25, -0.2) is 5.01 Å². The van der Waals surface area contributed by atoms with Crippen molar-refractivity contribution in [1.82, 2.24) is 5.01 Å². The average Bonchev–Trinajstić information content (AvgIpc) is 3.08. The highest BCUT2D eigenvalue weighted by atomic mass is 16.5. The Balaban J connectivity index is 1.59. The zero-order valence-corrected chi connectivity index (χ0v) is 14.4. The fourth-order valence-corrected chi connectivity index (χ4v) is 3.96. The van der Waals surface area contributed by atoms with Gasteiger partial charge in [-0.05, 0) is 42.3 Å². The maximum Gasteiger partial charge on any atom is 0.192 e. The van der Waals surface area contributed by atoms with Gasteiger partial charge in [0.2, 0.25) is 0 Å². The number of hydrogen-bond acceptors (Lipinski definition) is 3.